The minimum absolute atomic E-state index is 0.0347. The zero-order valence-corrected chi connectivity index (χ0v) is 9.93. The summed E-state index contributed by atoms with van der Waals surface area (Å²) in [5, 5.41) is 8.70. The van der Waals surface area contributed by atoms with Gasteiger partial charge in [-0.25, -0.2) is 0 Å². The summed E-state index contributed by atoms with van der Waals surface area (Å²) >= 11 is 0. The number of fused-ring (bicyclic) bond motifs is 1. The Hall–Kier alpha value is -1.35. The van der Waals surface area contributed by atoms with Gasteiger partial charge in [-0.1, -0.05) is 24.3 Å². The molecule has 1 aromatic carbocycles. The predicted octanol–water partition coefficient (Wildman–Crippen LogP) is 2.30. The molecule has 1 aliphatic carbocycles. The van der Waals surface area contributed by atoms with E-state index < -0.39 is 5.97 Å². The Morgan fingerprint density at radius 3 is 3.00 bits per heavy atom. The third kappa shape index (κ3) is 2.86. The molecule has 0 radical (unpaired) electrons. The zero-order valence-electron chi connectivity index (χ0n) is 9.93. The van der Waals surface area contributed by atoms with Gasteiger partial charge in [0.25, 0.3) is 0 Å². The summed E-state index contributed by atoms with van der Waals surface area (Å²) in [6.45, 7) is 0. The lowest BCUT2D eigenvalue weighted by Crippen LogP contribution is -2.31. The minimum atomic E-state index is -0.760. The number of carbonyl (C=O) groups is 1. The number of rotatable bonds is 4. The molecular weight excluding hydrogens is 214 g/mol. The average molecular weight is 233 g/mol. The summed E-state index contributed by atoms with van der Waals surface area (Å²) in [7, 11) is 0. The number of benzene rings is 1. The van der Waals surface area contributed by atoms with Gasteiger partial charge in [0.1, 0.15) is 0 Å². The first kappa shape index (κ1) is 12.1. The summed E-state index contributed by atoms with van der Waals surface area (Å²) in [6, 6.07) is 8.36. The van der Waals surface area contributed by atoms with Crippen molar-refractivity contribution in [2.24, 2.45) is 5.73 Å². The van der Waals surface area contributed by atoms with E-state index >= 15 is 0 Å². The molecule has 0 aromatic heterocycles. The fourth-order valence-corrected chi connectivity index (χ4v) is 2.73. The molecule has 0 spiro atoms. The van der Waals surface area contributed by atoms with Crippen LogP contribution in [0, 0.1) is 0 Å². The molecule has 2 atom stereocenters. The van der Waals surface area contributed by atoms with Crippen LogP contribution in [0.15, 0.2) is 24.3 Å². The molecule has 0 heterocycles. The normalized spacial score (nSPS) is 20.6. The molecule has 0 saturated carbocycles. The molecule has 2 unspecified atom stereocenters. The smallest absolute Gasteiger partial charge is 0.303 e. The highest BCUT2D eigenvalue weighted by Gasteiger charge is 2.25. The summed E-state index contributed by atoms with van der Waals surface area (Å²) in [6.07, 6.45) is 4.09. The first-order valence-corrected chi connectivity index (χ1v) is 6.23. The largest absolute Gasteiger partial charge is 0.481 e. The Morgan fingerprint density at radius 1 is 1.47 bits per heavy atom. The summed E-state index contributed by atoms with van der Waals surface area (Å²) in [4.78, 5) is 10.6. The minimum Gasteiger partial charge on any atom is -0.481 e. The molecular formula is C14H19NO2. The van der Waals surface area contributed by atoms with Gasteiger partial charge < -0.3 is 10.8 Å². The van der Waals surface area contributed by atoms with E-state index in [1.807, 2.05) is 6.07 Å². The zero-order chi connectivity index (χ0) is 12.3. The number of carboxylic acid groups (broad SMARTS) is 1. The van der Waals surface area contributed by atoms with E-state index in [9.17, 15) is 4.79 Å². The Bertz CT molecular complexity index is 403. The summed E-state index contributed by atoms with van der Waals surface area (Å²) in [5.41, 5.74) is 8.86. The summed E-state index contributed by atoms with van der Waals surface area (Å²) in [5.74, 6) is -0.427. The highest BCUT2D eigenvalue weighted by molar-refractivity contribution is 5.66. The number of nitrogens with two attached hydrogens (primary N) is 1. The maximum Gasteiger partial charge on any atom is 0.303 e. The van der Waals surface area contributed by atoms with Gasteiger partial charge in [0, 0.05) is 12.5 Å². The van der Waals surface area contributed by atoms with Crippen molar-refractivity contribution in [3.8, 4) is 0 Å². The first-order chi connectivity index (χ1) is 8.18. The van der Waals surface area contributed by atoms with Gasteiger partial charge in [-0.15, -0.1) is 0 Å². The van der Waals surface area contributed by atoms with Crippen LogP contribution in [0.4, 0.5) is 0 Å². The van der Waals surface area contributed by atoms with E-state index in [4.69, 9.17) is 10.8 Å². The molecule has 0 saturated heterocycles. The van der Waals surface area contributed by atoms with Crippen LogP contribution >= 0.6 is 0 Å². The van der Waals surface area contributed by atoms with Gasteiger partial charge in [-0.2, -0.15) is 0 Å². The number of aryl methyl sites for hydroxylation is 1. The topological polar surface area (TPSA) is 63.3 Å². The van der Waals surface area contributed by atoms with Gasteiger partial charge in [-0.05, 0) is 42.7 Å². The first-order valence-electron chi connectivity index (χ1n) is 6.23. The molecule has 0 aliphatic heterocycles. The van der Waals surface area contributed by atoms with Crippen molar-refractivity contribution in [2.45, 2.75) is 44.1 Å². The van der Waals surface area contributed by atoms with Gasteiger partial charge in [0.2, 0.25) is 0 Å². The number of hydrogen-bond donors (Lipinski definition) is 2. The second-order valence-electron chi connectivity index (χ2n) is 4.79. The van der Waals surface area contributed by atoms with Gasteiger partial charge >= 0.3 is 5.97 Å². The van der Waals surface area contributed by atoms with E-state index in [1.54, 1.807) is 0 Å². The molecule has 1 aromatic rings. The number of hydrogen-bond acceptors (Lipinski definition) is 2. The molecule has 3 nitrogen and oxygen atoms in total. The van der Waals surface area contributed by atoms with Crippen LogP contribution in [0.2, 0.25) is 0 Å². The third-order valence-corrected chi connectivity index (χ3v) is 3.62. The maximum absolute atomic E-state index is 10.6. The van der Waals surface area contributed by atoms with Gasteiger partial charge in [-0.3, -0.25) is 4.79 Å². The molecule has 0 bridgehead atoms. The van der Waals surface area contributed by atoms with Crippen molar-refractivity contribution in [3.63, 3.8) is 0 Å². The lowest BCUT2D eigenvalue weighted by atomic mass is 9.78. The van der Waals surface area contributed by atoms with Crippen molar-refractivity contribution >= 4 is 5.97 Å². The van der Waals surface area contributed by atoms with Crippen LogP contribution in [0.5, 0.6) is 0 Å². The van der Waals surface area contributed by atoms with Crippen LogP contribution in [-0.2, 0) is 11.2 Å². The third-order valence-electron chi connectivity index (χ3n) is 3.62. The van der Waals surface area contributed by atoms with E-state index in [-0.39, 0.29) is 12.5 Å². The van der Waals surface area contributed by atoms with E-state index in [1.165, 1.54) is 11.1 Å². The molecule has 0 amide bonds. The maximum atomic E-state index is 10.6. The molecule has 3 heteroatoms. The molecule has 3 N–H and O–H groups in total. The Balaban J connectivity index is 2.09. The van der Waals surface area contributed by atoms with Crippen LogP contribution < -0.4 is 5.73 Å². The molecule has 92 valence electrons. The van der Waals surface area contributed by atoms with E-state index in [0.29, 0.717) is 12.3 Å². The van der Waals surface area contributed by atoms with Crippen molar-refractivity contribution < 1.29 is 9.90 Å². The fraction of sp³-hybridized carbons (Fsp3) is 0.500. The SMILES string of the molecule is NC(CCC(=O)O)C1CCCc2ccccc21. The number of aliphatic carboxylic acids is 1. The van der Waals surface area contributed by atoms with E-state index in [0.717, 1.165) is 19.3 Å². The summed E-state index contributed by atoms with van der Waals surface area (Å²) < 4.78 is 0. The Labute approximate surface area is 102 Å². The monoisotopic (exact) mass is 233 g/mol. The second-order valence-corrected chi connectivity index (χ2v) is 4.79. The van der Waals surface area contributed by atoms with Gasteiger partial charge in [0.15, 0.2) is 0 Å². The lowest BCUT2D eigenvalue weighted by molar-refractivity contribution is -0.137. The Morgan fingerprint density at radius 2 is 2.24 bits per heavy atom. The van der Waals surface area contributed by atoms with Gasteiger partial charge in [0.05, 0.1) is 0 Å². The second kappa shape index (κ2) is 5.32. The van der Waals surface area contributed by atoms with E-state index in [2.05, 4.69) is 18.2 Å². The standard InChI is InChI=1S/C14H19NO2/c15-13(8-9-14(16)17)12-7-3-5-10-4-1-2-6-11(10)12/h1-2,4,6,12-13H,3,5,7-9,15H2,(H,16,17). The molecule has 17 heavy (non-hydrogen) atoms. The van der Waals surface area contributed by atoms with Crippen molar-refractivity contribution in [1.82, 2.24) is 0 Å². The quantitative estimate of drug-likeness (QED) is 0.838. The molecule has 0 fully saturated rings. The number of carboxylic acids is 1. The molecule has 2 rings (SSSR count). The highest BCUT2D eigenvalue weighted by atomic mass is 16.4. The van der Waals surface area contributed by atoms with Crippen LogP contribution in [0.3, 0.4) is 0 Å². The average Bonchev–Trinajstić information content (AvgIpc) is 2.35. The fourth-order valence-electron chi connectivity index (χ4n) is 2.73. The van der Waals surface area contributed by atoms with Crippen LogP contribution in [-0.4, -0.2) is 17.1 Å². The molecule has 1 aliphatic rings. The predicted molar refractivity (Wildman–Crippen MR) is 67.0 cm³/mol. The van der Waals surface area contributed by atoms with Crippen molar-refractivity contribution in [3.05, 3.63) is 35.4 Å². The Kier molecular flexibility index (Phi) is 3.79. The highest BCUT2D eigenvalue weighted by Crippen LogP contribution is 2.34. The lowest BCUT2D eigenvalue weighted by Gasteiger charge is -2.30. The van der Waals surface area contributed by atoms with Crippen molar-refractivity contribution in [2.75, 3.05) is 0 Å². The van der Waals surface area contributed by atoms with Crippen LogP contribution in [0.1, 0.15) is 42.7 Å². The van der Waals surface area contributed by atoms with Crippen LogP contribution in [0.25, 0.3) is 0 Å². The van der Waals surface area contributed by atoms with Crippen molar-refractivity contribution in [1.29, 1.82) is 0 Å².